The van der Waals surface area contributed by atoms with Gasteiger partial charge in [-0.25, -0.2) is 12.8 Å². The number of nitrogen functional groups attached to an aromatic ring is 1. The first-order valence-electron chi connectivity index (χ1n) is 5.95. The average molecular weight is 294 g/mol. The fourth-order valence-corrected chi connectivity index (χ4v) is 2.95. The highest BCUT2D eigenvalue weighted by Crippen LogP contribution is 2.22. The Bertz CT molecular complexity index is 758. The summed E-state index contributed by atoms with van der Waals surface area (Å²) in [6.45, 7) is 3.72. The summed E-state index contributed by atoms with van der Waals surface area (Å²) in [7, 11) is -3.83. The van der Waals surface area contributed by atoms with Gasteiger partial charge in [-0.05, 0) is 43.7 Å². The third kappa shape index (κ3) is 2.91. The maximum Gasteiger partial charge on any atom is 0.262 e. The van der Waals surface area contributed by atoms with Crippen LogP contribution in [-0.2, 0) is 10.0 Å². The highest BCUT2D eigenvalue weighted by Gasteiger charge is 2.16. The van der Waals surface area contributed by atoms with Gasteiger partial charge in [0.1, 0.15) is 5.82 Å². The lowest BCUT2D eigenvalue weighted by Gasteiger charge is -2.11. The van der Waals surface area contributed by atoms with E-state index in [1.54, 1.807) is 19.1 Å². The van der Waals surface area contributed by atoms with Gasteiger partial charge in [0, 0.05) is 0 Å². The summed E-state index contributed by atoms with van der Waals surface area (Å²) in [5.41, 5.74) is 7.54. The zero-order chi connectivity index (χ0) is 14.9. The van der Waals surface area contributed by atoms with Crippen molar-refractivity contribution in [3.63, 3.8) is 0 Å². The largest absolute Gasteiger partial charge is 0.396 e. The topological polar surface area (TPSA) is 72.2 Å². The third-order valence-electron chi connectivity index (χ3n) is 2.91. The molecule has 0 heterocycles. The number of hydrogen-bond donors (Lipinski definition) is 2. The van der Waals surface area contributed by atoms with Gasteiger partial charge in [-0.3, -0.25) is 4.72 Å². The highest BCUT2D eigenvalue weighted by molar-refractivity contribution is 7.92. The van der Waals surface area contributed by atoms with E-state index in [2.05, 4.69) is 4.72 Å². The molecule has 6 heteroatoms. The van der Waals surface area contributed by atoms with E-state index in [-0.39, 0.29) is 10.6 Å². The number of hydrogen-bond acceptors (Lipinski definition) is 3. The average Bonchev–Trinajstić information content (AvgIpc) is 2.36. The van der Waals surface area contributed by atoms with E-state index in [0.29, 0.717) is 5.69 Å². The monoisotopic (exact) mass is 294 g/mol. The molecule has 2 aromatic rings. The van der Waals surface area contributed by atoms with Crippen molar-refractivity contribution < 1.29 is 12.8 Å². The highest BCUT2D eigenvalue weighted by atomic mass is 32.2. The molecule has 106 valence electrons. The van der Waals surface area contributed by atoms with Gasteiger partial charge in [0.05, 0.1) is 16.3 Å². The van der Waals surface area contributed by atoms with E-state index in [1.807, 2.05) is 13.0 Å². The molecule has 0 aromatic heterocycles. The molecule has 0 spiro atoms. The number of nitrogens with one attached hydrogen (secondary N) is 1. The van der Waals surface area contributed by atoms with E-state index in [1.165, 1.54) is 12.1 Å². The molecular weight excluding hydrogens is 279 g/mol. The molecule has 0 saturated carbocycles. The van der Waals surface area contributed by atoms with Crippen molar-refractivity contribution in [1.29, 1.82) is 0 Å². The van der Waals surface area contributed by atoms with Crippen molar-refractivity contribution in [3.05, 3.63) is 53.3 Å². The Labute approximate surface area is 117 Å². The van der Waals surface area contributed by atoms with Crippen LogP contribution in [0.15, 0.2) is 41.3 Å². The fourth-order valence-electron chi connectivity index (χ4n) is 1.81. The molecule has 3 N–H and O–H groups in total. The Kier molecular flexibility index (Phi) is 3.67. The van der Waals surface area contributed by atoms with Crippen LogP contribution in [0.5, 0.6) is 0 Å². The van der Waals surface area contributed by atoms with Gasteiger partial charge in [0.15, 0.2) is 0 Å². The minimum Gasteiger partial charge on any atom is -0.396 e. The first-order chi connectivity index (χ1) is 9.29. The normalized spacial score (nSPS) is 11.3. The standard InChI is InChI=1S/C14H15FN2O2S/c1-9-3-6-14(10(2)7-9)17-20(18,19)11-4-5-13(16)12(15)8-11/h3-8,17H,16H2,1-2H3. The van der Waals surface area contributed by atoms with E-state index in [0.717, 1.165) is 17.2 Å². The Morgan fingerprint density at radius 3 is 2.40 bits per heavy atom. The van der Waals surface area contributed by atoms with Gasteiger partial charge >= 0.3 is 0 Å². The van der Waals surface area contributed by atoms with Crippen LogP contribution in [0, 0.1) is 19.7 Å². The van der Waals surface area contributed by atoms with Crippen LogP contribution in [0.1, 0.15) is 11.1 Å². The number of sulfonamides is 1. The molecule has 0 amide bonds. The lowest BCUT2D eigenvalue weighted by atomic mass is 10.1. The Balaban J connectivity index is 2.38. The maximum atomic E-state index is 13.4. The second-order valence-electron chi connectivity index (χ2n) is 4.61. The number of halogens is 1. The van der Waals surface area contributed by atoms with Crippen molar-refractivity contribution in [2.24, 2.45) is 0 Å². The maximum absolute atomic E-state index is 13.4. The van der Waals surface area contributed by atoms with E-state index in [9.17, 15) is 12.8 Å². The summed E-state index contributed by atoms with van der Waals surface area (Å²) in [5, 5.41) is 0. The molecule has 4 nitrogen and oxygen atoms in total. The number of anilines is 2. The number of benzene rings is 2. The third-order valence-corrected chi connectivity index (χ3v) is 4.27. The second-order valence-corrected chi connectivity index (χ2v) is 6.29. The zero-order valence-corrected chi connectivity index (χ0v) is 12.0. The van der Waals surface area contributed by atoms with Gasteiger partial charge in [-0.1, -0.05) is 17.7 Å². The van der Waals surface area contributed by atoms with Crippen molar-refractivity contribution in [2.45, 2.75) is 18.7 Å². The van der Waals surface area contributed by atoms with Gasteiger partial charge in [0.2, 0.25) is 0 Å². The molecule has 0 aliphatic rings. The molecule has 0 atom stereocenters. The summed E-state index contributed by atoms with van der Waals surface area (Å²) in [6, 6.07) is 8.74. The molecule has 0 unspecified atom stereocenters. The minimum absolute atomic E-state index is 0.0875. The summed E-state index contributed by atoms with van der Waals surface area (Å²) in [4.78, 5) is -0.163. The first kappa shape index (κ1) is 14.3. The zero-order valence-electron chi connectivity index (χ0n) is 11.1. The van der Waals surface area contributed by atoms with Crippen LogP contribution < -0.4 is 10.5 Å². The van der Waals surface area contributed by atoms with Gasteiger partial charge < -0.3 is 5.73 Å². The smallest absolute Gasteiger partial charge is 0.262 e. The minimum atomic E-state index is -3.83. The molecule has 0 aliphatic heterocycles. The number of rotatable bonds is 3. The van der Waals surface area contributed by atoms with Crippen LogP contribution in [0.3, 0.4) is 0 Å². The van der Waals surface area contributed by atoms with Gasteiger partial charge in [-0.15, -0.1) is 0 Å². The Hall–Kier alpha value is -2.08. The molecule has 0 saturated heterocycles. The second kappa shape index (κ2) is 5.13. The summed E-state index contributed by atoms with van der Waals surface area (Å²) in [6.07, 6.45) is 0. The van der Waals surface area contributed by atoms with Crippen LogP contribution >= 0.6 is 0 Å². The Morgan fingerprint density at radius 2 is 1.80 bits per heavy atom. The van der Waals surface area contributed by atoms with Gasteiger partial charge in [0.25, 0.3) is 10.0 Å². The molecular formula is C14H15FN2O2S. The lowest BCUT2D eigenvalue weighted by Crippen LogP contribution is -2.14. The molecule has 2 aromatic carbocycles. The molecule has 0 fully saturated rings. The van der Waals surface area contributed by atoms with Crippen molar-refractivity contribution in [2.75, 3.05) is 10.5 Å². The van der Waals surface area contributed by atoms with Crippen LogP contribution in [0.25, 0.3) is 0 Å². The van der Waals surface area contributed by atoms with E-state index < -0.39 is 15.8 Å². The van der Waals surface area contributed by atoms with Crippen molar-refractivity contribution >= 4 is 21.4 Å². The van der Waals surface area contributed by atoms with E-state index >= 15 is 0 Å². The summed E-state index contributed by atoms with van der Waals surface area (Å²) >= 11 is 0. The van der Waals surface area contributed by atoms with Gasteiger partial charge in [-0.2, -0.15) is 0 Å². The van der Waals surface area contributed by atoms with Crippen molar-refractivity contribution in [3.8, 4) is 0 Å². The fraction of sp³-hybridized carbons (Fsp3) is 0.143. The van der Waals surface area contributed by atoms with Crippen LogP contribution in [0.4, 0.5) is 15.8 Å². The molecule has 0 bridgehead atoms. The molecule has 20 heavy (non-hydrogen) atoms. The predicted molar refractivity (Wildman–Crippen MR) is 77.5 cm³/mol. The van der Waals surface area contributed by atoms with E-state index in [4.69, 9.17) is 5.73 Å². The number of aryl methyl sites for hydroxylation is 2. The molecule has 0 aliphatic carbocycles. The summed E-state index contributed by atoms with van der Waals surface area (Å²) < 4.78 is 40.2. The van der Waals surface area contributed by atoms with Crippen molar-refractivity contribution in [1.82, 2.24) is 0 Å². The lowest BCUT2D eigenvalue weighted by molar-refractivity contribution is 0.596. The summed E-state index contributed by atoms with van der Waals surface area (Å²) in [5.74, 6) is -0.756. The SMILES string of the molecule is Cc1ccc(NS(=O)(=O)c2ccc(N)c(F)c2)c(C)c1. The van der Waals surface area contributed by atoms with Crippen LogP contribution in [0.2, 0.25) is 0 Å². The number of nitrogens with two attached hydrogens (primary N) is 1. The predicted octanol–water partition coefficient (Wildman–Crippen LogP) is 2.83. The van der Waals surface area contributed by atoms with Crippen LogP contribution in [-0.4, -0.2) is 8.42 Å². The first-order valence-corrected chi connectivity index (χ1v) is 7.43. The molecule has 2 rings (SSSR count). The quantitative estimate of drug-likeness (QED) is 0.855. The Morgan fingerprint density at radius 1 is 1.10 bits per heavy atom. The molecule has 0 radical (unpaired) electrons.